The number of anilines is 1. The number of benzene rings is 2. The fourth-order valence-corrected chi connectivity index (χ4v) is 14.2. The van der Waals surface area contributed by atoms with E-state index in [1.807, 2.05) is 76.9 Å². The number of hydrogen-bond acceptors (Lipinski definition) is 13. The van der Waals surface area contributed by atoms with Crippen molar-refractivity contribution in [1.29, 1.82) is 0 Å². The van der Waals surface area contributed by atoms with Crippen LogP contribution in [0.4, 0.5) is 5.69 Å². The van der Waals surface area contributed by atoms with Crippen LogP contribution in [0.2, 0.25) is 0 Å². The number of nitrogens with one attached hydrogen (secondary N) is 2. The van der Waals surface area contributed by atoms with Crippen molar-refractivity contribution >= 4 is 34.9 Å². The molecule has 3 aromatic rings. The largest absolute Gasteiger partial charge is 0.467 e. The number of likely N-dealkylation sites (N-methyl/N-ethyl adjacent to an activating group) is 1. The molecule has 2 aromatic carbocycles. The van der Waals surface area contributed by atoms with Gasteiger partial charge in [-0.25, -0.2) is 0 Å². The monoisotopic (exact) mass is 925 g/mol. The van der Waals surface area contributed by atoms with Crippen LogP contribution in [0.1, 0.15) is 101 Å². The highest BCUT2D eigenvalue weighted by Gasteiger charge is 2.78. The van der Waals surface area contributed by atoms with E-state index in [1.54, 1.807) is 0 Å². The van der Waals surface area contributed by atoms with Crippen LogP contribution in [-0.4, -0.2) is 149 Å². The first kappa shape index (κ1) is 47.7. The number of nitrogens with two attached hydrogens (primary N) is 1. The van der Waals surface area contributed by atoms with Crippen LogP contribution in [0, 0.1) is 16.7 Å². The maximum atomic E-state index is 15.0. The molecule has 2 bridgehead atoms. The minimum atomic E-state index is -2.33. The number of rotatable bonds is 13. The molecule has 1 amide bonds. The molecule has 3 fully saturated rings. The van der Waals surface area contributed by atoms with Crippen LogP contribution < -0.4 is 16.0 Å². The number of aromatic amines is 1. The highest BCUT2D eigenvalue weighted by molar-refractivity contribution is 5.91. The summed E-state index contributed by atoms with van der Waals surface area (Å²) in [6.07, 6.45) is 6.16. The van der Waals surface area contributed by atoms with E-state index in [4.69, 9.17) is 15.2 Å². The minimum Gasteiger partial charge on any atom is -0.467 e. The first-order valence-electron chi connectivity index (χ1n) is 24.5. The van der Waals surface area contributed by atoms with Gasteiger partial charge in [0.15, 0.2) is 5.60 Å². The minimum absolute atomic E-state index is 0.0121. The number of carbonyl (C=O) groups is 3. The van der Waals surface area contributed by atoms with E-state index in [9.17, 15) is 34.8 Å². The van der Waals surface area contributed by atoms with Crippen LogP contribution in [0.25, 0.3) is 10.9 Å². The molecule has 1 aromatic heterocycles. The van der Waals surface area contributed by atoms with Crippen LogP contribution in [0.5, 0.6) is 0 Å². The number of aliphatic hydroxyl groups excluding tert-OH is 2. The number of amides is 1. The lowest BCUT2D eigenvalue weighted by atomic mass is 9.47. The van der Waals surface area contributed by atoms with E-state index in [0.717, 1.165) is 52.1 Å². The smallest absolute Gasteiger partial charge is 0.323 e. The topological polar surface area (TPSA) is 214 Å². The number of para-hydroxylation sites is 1. The highest BCUT2D eigenvalue weighted by Crippen LogP contribution is 2.67. The van der Waals surface area contributed by atoms with Gasteiger partial charge in [-0.2, -0.15) is 0 Å². The first-order chi connectivity index (χ1) is 31.9. The summed E-state index contributed by atoms with van der Waals surface area (Å²) in [7, 11) is 1.87. The number of hydrogen-bond donors (Lipinski definition) is 7. The maximum absolute atomic E-state index is 15.0. The summed E-state index contributed by atoms with van der Waals surface area (Å²) < 4.78 is 11.5. The Morgan fingerprint density at radius 1 is 1.07 bits per heavy atom. The summed E-state index contributed by atoms with van der Waals surface area (Å²) in [5, 5.41) is 54.0. The van der Waals surface area contributed by atoms with Gasteiger partial charge in [0, 0.05) is 78.9 Å². The van der Waals surface area contributed by atoms with Gasteiger partial charge in [-0.3, -0.25) is 24.2 Å². The fraction of sp³-hybridized carbons (Fsp3) is 0.635. The Hall–Kier alpha value is -4.35. The molecule has 7 unspecified atom stereocenters. The Morgan fingerprint density at radius 3 is 2.57 bits per heavy atom. The van der Waals surface area contributed by atoms with Gasteiger partial charge in [0.1, 0.15) is 18.8 Å². The number of H-pyrrole nitrogens is 1. The number of nitrogens with zero attached hydrogens (tertiary/aromatic N) is 3. The zero-order valence-electron chi connectivity index (χ0n) is 40.1. The van der Waals surface area contributed by atoms with Crippen LogP contribution in [-0.2, 0) is 47.7 Å². The molecule has 1 aliphatic carbocycles. The zero-order chi connectivity index (χ0) is 47.9. The van der Waals surface area contributed by atoms with E-state index in [-0.39, 0.29) is 44.7 Å². The van der Waals surface area contributed by atoms with Crippen molar-refractivity contribution < 1.29 is 44.3 Å². The summed E-state index contributed by atoms with van der Waals surface area (Å²) in [6.45, 7) is 13.2. The molecule has 15 nitrogen and oxygen atoms in total. The van der Waals surface area contributed by atoms with Gasteiger partial charge >= 0.3 is 5.97 Å². The van der Waals surface area contributed by atoms with E-state index >= 15 is 0 Å². The van der Waals surface area contributed by atoms with Crippen molar-refractivity contribution in [2.75, 3.05) is 64.4 Å². The second-order valence-electron chi connectivity index (χ2n) is 22.0. The third-order valence-corrected chi connectivity index (χ3v) is 17.3. The van der Waals surface area contributed by atoms with Gasteiger partial charge in [0.05, 0.1) is 30.3 Å². The molecule has 0 radical (unpaired) electrons. The average Bonchev–Trinajstić information content (AvgIpc) is 3.97. The van der Waals surface area contributed by atoms with Crippen molar-refractivity contribution in [2.45, 2.75) is 132 Å². The van der Waals surface area contributed by atoms with Gasteiger partial charge in [-0.15, -0.1) is 0 Å². The van der Waals surface area contributed by atoms with Crippen molar-refractivity contribution in [1.82, 2.24) is 20.1 Å². The Balaban J connectivity index is 1.20. The van der Waals surface area contributed by atoms with Gasteiger partial charge < -0.3 is 50.8 Å². The van der Waals surface area contributed by atoms with E-state index in [2.05, 4.69) is 38.3 Å². The molecule has 1 spiro atoms. The van der Waals surface area contributed by atoms with E-state index < -0.39 is 62.9 Å². The number of aromatic nitrogens is 1. The Bertz CT molecular complexity index is 2430. The second-order valence-corrected chi connectivity index (χ2v) is 22.0. The Labute approximate surface area is 394 Å². The number of ether oxygens (including phenoxy) is 2. The molecular weight excluding hydrogens is 853 g/mol. The number of carbonyl (C=O) groups excluding carboxylic acids is 3. The summed E-state index contributed by atoms with van der Waals surface area (Å²) in [6, 6.07) is 10.3. The van der Waals surface area contributed by atoms with Gasteiger partial charge in [0.2, 0.25) is 0 Å². The highest BCUT2D eigenvalue weighted by atomic mass is 16.5. The SMILES string of the molecule is CCC1(O)CC2CN(CCc3c([nH]c4ccccc34)[C@@](COC=O)(c3cc4c(cc3CO)N(C)C3C45CCN4CC=C[C@](CC)(C45)[C@@H](O)[C@]3(O)C(=O)NCCCOC(=O)C(N)C(C)(C)C)C2)C1. The lowest BCUT2D eigenvalue weighted by molar-refractivity contribution is -0.203. The number of esters is 1. The zero-order valence-corrected chi connectivity index (χ0v) is 40.1. The van der Waals surface area contributed by atoms with Crippen molar-refractivity contribution in [3.05, 3.63) is 76.5 Å². The number of aliphatic hydroxyl groups is 4. The second kappa shape index (κ2) is 17.3. The molecule has 67 heavy (non-hydrogen) atoms. The molecule has 5 aliphatic heterocycles. The summed E-state index contributed by atoms with van der Waals surface area (Å²) in [5.74, 6) is -1.26. The summed E-state index contributed by atoms with van der Waals surface area (Å²) >= 11 is 0. The standard InChI is InChI=1S/C52H72N6O9/c1-7-48(64)25-32-26-50(30-66-31-60,41-35(15-20-57(27-32)29-48)34-13-9-10-14-38(34)55-41)36-24-37-39(23-33(36)28-59)56(6)44-51(37)17-21-58-19-11-16-49(8-2,43(51)58)45(62)52(44,65)46(63)54-18-12-22-67-42(61)40(53)47(3,4)5/h9-11,13-14,16,23-24,31-32,40,43-45,55,59,62,64-65H,7-8,12,15,17-22,25-30,53H2,1-6H3,(H,54,63)/t32?,40?,43?,44?,45-,48?,49-,50+,51?,52+/m1/s1. The Morgan fingerprint density at radius 2 is 1.85 bits per heavy atom. The molecule has 8 N–H and O–H groups in total. The predicted octanol–water partition coefficient (Wildman–Crippen LogP) is 3.15. The average molecular weight is 925 g/mol. The fourth-order valence-electron chi connectivity index (χ4n) is 14.2. The molecule has 364 valence electrons. The molecule has 6 aliphatic rings. The van der Waals surface area contributed by atoms with Crippen LogP contribution in [0.3, 0.4) is 0 Å². The van der Waals surface area contributed by atoms with E-state index in [0.29, 0.717) is 70.2 Å². The first-order valence-corrected chi connectivity index (χ1v) is 24.5. The van der Waals surface area contributed by atoms with Gasteiger partial charge in [-0.1, -0.05) is 71.0 Å². The lowest BCUT2D eigenvalue weighted by Crippen LogP contribution is -2.81. The third kappa shape index (κ3) is 7.19. The molecule has 6 heterocycles. The third-order valence-electron chi connectivity index (χ3n) is 17.3. The summed E-state index contributed by atoms with van der Waals surface area (Å²) in [4.78, 5) is 50.7. The molecule has 1 saturated carbocycles. The van der Waals surface area contributed by atoms with Crippen molar-refractivity contribution in [3.8, 4) is 0 Å². The lowest BCUT2D eigenvalue weighted by Gasteiger charge is -2.63. The predicted molar refractivity (Wildman–Crippen MR) is 254 cm³/mol. The van der Waals surface area contributed by atoms with Crippen LogP contribution in [0.15, 0.2) is 48.6 Å². The molecular formula is C52H72N6O9. The Kier molecular flexibility index (Phi) is 12.3. The number of piperidine rings is 1. The van der Waals surface area contributed by atoms with Crippen LogP contribution >= 0.6 is 0 Å². The summed E-state index contributed by atoms with van der Waals surface area (Å²) in [5.41, 5.74) is 5.45. The normalized spacial score (nSPS) is 34.8. The molecule has 2 saturated heterocycles. The maximum Gasteiger partial charge on any atom is 0.323 e. The van der Waals surface area contributed by atoms with Crippen molar-refractivity contribution in [3.63, 3.8) is 0 Å². The van der Waals surface area contributed by atoms with Gasteiger partial charge in [-0.05, 0) is 97.2 Å². The molecule has 15 heteroatoms. The molecule has 9 rings (SSSR count). The molecule has 11 atom stereocenters. The van der Waals surface area contributed by atoms with E-state index in [1.165, 1.54) is 0 Å². The van der Waals surface area contributed by atoms with Gasteiger partial charge in [0.25, 0.3) is 12.4 Å². The van der Waals surface area contributed by atoms with Crippen molar-refractivity contribution in [2.24, 2.45) is 22.5 Å². The number of fused-ring (bicyclic) bond motifs is 6. The quantitative estimate of drug-likeness (QED) is 0.0569.